The minimum Gasteiger partial charge on any atom is -0.481 e. The second-order valence-corrected chi connectivity index (χ2v) is 5.72. The summed E-state index contributed by atoms with van der Waals surface area (Å²) >= 11 is 0. The second-order valence-electron chi connectivity index (χ2n) is 5.72. The number of hydrogen-bond donors (Lipinski definition) is 2. The molecule has 0 spiro atoms. The zero-order chi connectivity index (χ0) is 14.5. The number of rotatable bonds is 7. The molecule has 2 N–H and O–H groups in total. The first-order valence-corrected chi connectivity index (χ1v) is 7.03. The number of ether oxygens (including phenoxy) is 1. The molecule has 0 radical (unpaired) electrons. The number of carbonyl (C=O) groups excluding carboxylic acids is 1. The summed E-state index contributed by atoms with van der Waals surface area (Å²) in [4.78, 5) is 22.7. The van der Waals surface area contributed by atoms with Crippen molar-refractivity contribution >= 4 is 11.9 Å². The normalized spacial score (nSPS) is 25.8. The van der Waals surface area contributed by atoms with Crippen molar-refractivity contribution in [3.8, 4) is 0 Å². The van der Waals surface area contributed by atoms with E-state index in [1.165, 1.54) is 0 Å². The molecule has 1 saturated heterocycles. The maximum atomic E-state index is 11.9. The minimum atomic E-state index is -0.891. The van der Waals surface area contributed by atoms with E-state index in [1.807, 2.05) is 13.8 Å². The van der Waals surface area contributed by atoms with E-state index in [1.54, 1.807) is 6.92 Å². The van der Waals surface area contributed by atoms with Crippen molar-refractivity contribution in [1.82, 2.24) is 5.32 Å². The number of carbonyl (C=O) groups is 2. The topological polar surface area (TPSA) is 75.6 Å². The van der Waals surface area contributed by atoms with Crippen LogP contribution in [0.5, 0.6) is 0 Å². The Hall–Kier alpha value is -1.10. The molecule has 1 amide bonds. The third-order valence-electron chi connectivity index (χ3n) is 3.78. The van der Waals surface area contributed by atoms with E-state index in [4.69, 9.17) is 9.84 Å². The van der Waals surface area contributed by atoms with Crippen molar-refractivity contribution in [3.05, 3.63) is 0 Å². The van der Waals surface area contributed by atoms with Crippen LogP contribution in [0.25, 0.3) is 0 Å². The number of aliphatic carboxylic acids is 1. The smallest absolute Gasteiger partial charge is 0.305 e. The Bertz CT molecular complexity index is 331. The van der Waals surface area contributed by atoms with Gasteiger partial charge in [-0.2, -0.15) is 0 Å². The quantitative estimate of drug-likeness (QED) is 0.743. The standard InChI is InChI=1S/C14H25NO4/c1-4-14(3,9-13(17)18)15-12(16)8-7-11-6-5-10(2)19-11/h10-11H,4-9H2,1-3H3,(H,15,16)(H,17,18)/t10-,11-,14-/m1/s1. The molecule has 1 rings (SSSR count). The molecule has 0 aromatic heterocycles. The third-order valence-corrected chi connectivity index (χ3v) is 3.78. The van der Waals surface area contributed by atoms with Gasteiger partial charge in [0.15, 0.2) is 0 Å². The van der Waals surface area contributed by atoms with Crippen LogP contribution in [0.2, 0.25) is 0 Å². The van der Waals surface area contributed by atoms with Gasteiger partial charge in [0.05, 0.1) is 18.6 Å². The first kappa shape index (κ1) is 16.0. The van der Waals surface area contributed by atoms with E-state index >= 15 is 0 Å². The summed E-state index contributed by atoms with van der Waals surface area (Å²) in [7, 11) is 0. The fourth-order valence-corrected chi connectivity index (χ4v) is 2.38. The Labute approximate surface area is 114 Å². The fourth-order valence-electron chi connectivity index (χ4n) is 2.38. The lowest BCUT2D eigenvalue weighted by Gasteiger charge is -2.28. The summed E-state index contributed by atoms with van der Waals surface area (Å²) in [6.07, 6.45) is 4.19. The van der Waals surface area contributed by atoms with Crippen molar-refractivity contribution in [2.75, 3.05) is 0 Å². The highest BCUT2D eigenvalue weighted by molar-refractivity contribution is 5.78. The van der Waals surface area contributed by atoms with E-state index in [-0.39, 0.29) is 18.4 Å². The Morgan fingerprint density at radius 1 is 1.42 bits per heavy atom. The second kappa shape index (κ2) is 6.89. The lowest BCUT2D eigenvalue weighted by Crippen LogP contribution is -2.47. The number of hydrogen-bond acceptors (Lipinski definition) is 3. The van der Waals surface area contributed by atoms with Crippen LogP contribution in [0.15, 0.2) is 0 Å². The number of carboxylic acid groups (broad SMARTS) is 1. The lowest BCUT2D eigenvalue weighted by molar-refractivity contribution is -0.139. The van der Waals surface area contributed by atoms with E-state index in [9.17, 15) is 9.59 Å². The molecule has 1 heterocycles. The average molecular weight is 271 g/mol. The van der Waals surface area contributed by atoms with E-state index < -0.39 is 11.5 Å². The van der Waals surface area contributed by atoms with E-state index in [0.717, 1.165) is 12.8 Å². The van der Waals surface area contributed by atoms with Crippen LogP contribution in [-0.4, -0.2) is 34.7 Å². The highest BCUT2D eigenvalue weighted by Gasteiger charge is 2.28. The van der Waals surface area contributed by atoms with Gasteiger partial charge in [-0.05, 0) is 39.5 Å². The maximum Gasteiger partial charge on any atom is 0.305 e. The molecule has 0 saturated carbocycles. The van der Waals surface area contributed by atoms with E-state index in [0.29, 0.717) is 25.4 Å². The largest absolute Gasteiger partial charge is 0.481 e. The van der Waals surface area contributed by atoms with E-state index in [2.05, 4.69) is 5.32 Å². The number of amides is 1. The zero-order valence-corrected chi connectivity index (χ0v) is 12.1. The molecule has 1 fully saturated rings. The molecule has 19 heavy (non-hydrogen) atoms. The van der Waals surface area contributed by atoms with Gasteiger partial charge in [-0.1, -0.05) is 6.92 Å². The van der Waals surface area contributed by atoms with Gasteiger partial charge in [-0.15, -0.1) is 0 Å². The summed E-state index contributed by atoms with van der Waals surface area (Å²) in [5.74, 6) is -0.980. The minimum absolute atomic E-state index is 0.0494. The molecule has 0 aliphatic carbocycles. The molecule has 5 nitrogen and oxygen atoms in total. The SMILES string of the molecule is CC[C@](C)(CC(=O)O)NC(=O)CC[C@H]1CC[C@@H](C)O1. The van der Waals surface area contributed by atoms with Crippen LogP contribution in [0.3, 0.4) is 0 Å². The van der Waals surface area contributed by atoms with Gasteiger partial charge in [0, 0.05) is 12.0 Å². The van der Waals surface area contributed by atoms with Crippen molar-refractivity contribution in [1.29, 1.82) is 0 Å². The Morgan fingerprint density at radius 3 is 2.58 bits per heavy atom. The summed E-state index contributed by atoms with van der Waals surface area (Å²) < 4.78 is 5.66. The van der Waals surface area contributed by atoms with Gasteiger partial charge >= 0.3 is 5.97 Å². The van der Waals surface area contributed by atoms with Crippen LogP contribution in [0.4, 0.5) is 0 Å². The number of nitrogens with one attached hydrogen (secondary N) is 1. The van der Waals surface area contributed by atoms with Gasteiger partial charge in [-0.25, -0.2) is 0 Å². The Kier molecular flexibility index (Phi) is 5.79. The molecular weight excluding hydrogens is 246 g/mol. The summed E-state index contributed by atoms with van der Waals surface area (Å²) in [6, 6.07) is 0. The maximum absolute atomic E-state index is 11.9. The average Bonchev–Trinajstić information content (AvgIpc) is 2.71. The van der Waals surface area contributed by atoms with Crippen LogP contribution in [-0.2, 0) is 14.3 Å². The monoisotopic (exact) mass is 271 g/mol. The highest BCUT2D eigenvalue weighted by atomic mass is 16.5. The van der Waals surface area contributed by atoms with Crippen LogP contribution in [0.1, 0.15) is 59.3 Å². The van der Waals surface area contributed by atoms with Crippen molar-refractivity contribution in [2.45, 2.75) is 77.0 Å². The molecule has 1 aliphatic heterocycles. The summed E-state index contributed by atoms with van der Waals surface area (Å²) in [5.41, 5.74) is -0.660. The van der Waals surface area contributed by atoms with Crippen molar-refractivity contribution < 1.29 is 19.4 Å². The van der Waals surface area contributed by atoms with Crippen molar-refractivity contribution in [3.63, 3.8) is 0 Å². The molecular formula is C14H25NO4. The van der Waals surface area contributed by atoms with Gasteiger partial charge < -0.3 is 15.2 Å². The predicted octanol–water partition coefficient (Wildman–Crippen LogP) is 2.09. The molecule has 5 heteroatoms. The lowest BCUT2D eigenvalue weighted by atomic mass is 9.94. The van der Waals surface area contributed by atoms with Crippen LogP contribution < -0.4 is 5.32 Å². The zero-order valence-electron chi connectivity index (χ0n) is 12.1. The van der Waals surface area contributed by atoms with Gasteiger partial charge in [-0.3, -0.25) is 9.59 Å². The molecule has 3 atom stereocenters. The molecule has 0 aromatic carbocycles. The van der Waals surface area contributed by atoms with Crippen molar-refractivity contribution in [2.24, 2.45) is 0 Å². The molecule has 0 unspecified atom stereocenters. The predicted molar refractivity (Wildman–Crippen MR) is 71.9 cm³/mol. The fraction of sp³-hybridized carbons (Fsp3) is 0.857. The Morgan fingerprint density at radius 2 is 2.11 bits per heavy atom. The first-order chi connectivity index (χ1) is 8.84. The number of carboxylic acids is 1. The molecule has 110 valence electrons. The van der Waals surface area contributed by atoms with Crippen LogP contribution >= 0.6 is 0 Å². The molecule has 0 bridgehead atoms. The first-order valence-electron chi connectivity index (χ1n) is 7.03. The highest BCUT2D eigenvalue weighted by Crippen LogP contribution is 2.23. The third kappa shape index (κ3) is 5.59. The van der Waals surface area contributed by atoms with Crippen LogP contribution in [0, 0.1) is 0 Å². The molecule has 0 aromatic rings. The van der Waals surface area contributed by atoms with Gasteiger partial charge in [0.1, 0.15) is 0 Å². The molecule has 1 aliphatic rings. The summed E-state index contributed by atoms with van der Waals surface area (Å²) in [5, 5.41) is 11.7. The van der Waals surface area contributed by atoms with Gasteiger partial charge in [0.2, 0.25) is 5.91 Å². The summed E-state index contributed by atoms with van der Waals surface area (Å²) in [6.45, 7) is 5.69. The van der Waals surface area contributed by atoms with Gasteiger partial charge in [0.25, 0.3) is 0 Å². The Balaban J connectivity index is 2.34.